The topological polar surface area (TPSA) is 50.4 Å². The lowest BCUT2D eigenvalue weighted by molar-refractivity contribution is 0.0697. The molecule has 3 nitrogen and oxygen atoms in total. The second-order valence-electron chi connectivity index (χ2n) is 3.41. The highest BCUT2D eigenvalue weighted by Gasteiger charge is 2.19. The van der Waals surface area contributed by atoms with Gasteiger partial charge in [-0.15, -0.1) is 0 Å². The molecule has 1 aromatic carbocycles. The van der Waals surface area contributed by atoms with Crippen LogP contribution in [0, 0.1) is 6.92 Å². The average molecular weight is 226 g/mol. The molecule has 0 amide bonds. The molecule has 1 aromatic heterocycles. The van der Waals surface area contributed by atoms with Crippen LogP contribution in [0.1, 0.15) is 28.1 Å². The first-order chi connectivity index (χ1) is 7.50. The first-order valence-corrected chi connectivity index (χ1v) is 4.55. The van der Waals surface area contributed by atoms with Crippen LogP contribution < -0.4 is 0 Å². The van der Waals surface area contributed by atoms with E-state index in [1.165, 1.54) is 25.1 Å². The number of aromatic carboxylic acids is 1. The maximum absolute atomic E-state index is 12.5. The van der Waals surface area contributed by atoms with Gasteiger partial charge in [0, 0.05) is 10.9 Å². The van der Waals surface area contributed by atoms with Crippen LogP contribution in [-0.2, 0) is 0 Å². The third-order valence-corrected chi connectivity index (χ3v) is 2.42. The van der Waals surface area contributed by atoms with Crippen molar-refractivity contribution in [1.29, 1.82) is 0 Å². The van der Waals surface area contributed by atoms with Gasteiger partial charge in [-0.2, -0.15) is 0 Å². The van der Waals surface area contributed by atoms with Crippen LogP contribution in [0.3, 0.4) is 0 Å². The normalized spacial score (nSPS) is 11.2. The molecule has 0 bridgehead atoms. The highest BCUT2D eigenvalue weighted by molar-refractivity contribution is 5.94. The molecule has 0 unspecified atom stereocenters. The maximum Gasteiger partial charge on any atom is 0.335 e. The summed E-state index contributed by atoms with van der Waals surface area (Å²) in [7, 11) is 0. The van der Waals surface area contributed by atoms with E-state index in [1.807, 2.05) is 0 Å². The number of alkyl halides is 2. The summed E-state index contributed by atoms with van der Waals surface area (Å²) < 4.78 is 30.0. The molecule has 0 aliphatic rings. The van der Waals surface area contributed by atoms with Crippen molar-refractivity contribution >= 4 is 16.9 Å². The molecule has 0 atom stereocenters. The summed E-state index contributed by atoms with van der Waals surface area (Å²) >= 11 is 0. The number of hydrogen-bond donors (Lipinski definition) is 1. The fraction of sp³-hybridized carbons (Fsp3) is 0.182. The molecule has 0 radical (unpaired) electrons. The number of aryl methyl sites for hydroxylation is 1. The lowest BCUT2D eigenvalue weighted by atomic mass is 10.1. The average Bonchev–Trinajstić information content (AvgIpc) is 2.56. The number of halogens is 2. The van der Waals surface area contributed by atoms with Crippen LogP contribution in [0.2, 0.25) is 0 Å². The molecule has 0 aliphatic heterocycles. The van der Waals surface area contributed by atoms with Crippen molar-refractivity contribution in [1.82, 2.24) is 0 Å². The molecule has 5 heteroatoms. The van der Waals surface area contributed by atoms with E-state index in [1.54, 1.807) is 0 Å². The van der Waals surface area contributed by atoms with E-state index < -0.39 is 18.2 Å². The van der Waals surface area contributed by atoms with Gasteiger partial charge >= 0.3 is 5.97 Å². The van der Waals surface area contributed by atoms with Crippen LogP contribution in [0.15, 0.2) is 22.6 Å². The fourth-order valence-corrected chi connectivity index (χ4v) is 1.58. The molecule has 16 heavy (non-hydrogen) atoms. The van der Waals surface area contributed by atoms with E-state index in [0.29, 0.717) is 5.39 Å². The number of hydrogen-bond acceptors (Lipinski definition) is 2. The molecule has 0 spiro atoms. The summed E-state index contributed by atoms with van der Waals surface area (Å²) in [5.41, 5.74) is 0.614. The van der Waals surface area contributed by atoms with E-state index >= 15 is 0 Å². The van der Waals surface area contributed by atoms with E-state index in [2.05, 4.69) is 0 Å². The van der Waals surface area contributed by atoms with Crippen molar-refractivity contribution in [3.8, 4) is 0 Å². The van der Waals surface area contributed by atoms with Gasteiger partial charge in [0.15, 0.2) is 5.76 Å². The predicted octanol–water partition coefficient (Wildman–Crippen LogP) is 3.38. The maximum atomic E-state index is 12.5. The lowest BCUT2D eigenvalue weighted by Crippen LogP contribution is -1.94. The van der Waals surface area contributed by atoms with Gasteiger partial charge in [0.1, 0.15) is 5.58 Å². The van der Waals surface area contributed by atoms with Crippen molar-refractivity contribution < 1.29 is 23.1 Å². The molecular formula is C11H8F2O3. The quantitative estimate of drug-likeness (QED) is 0.853. The largest absolute Gasteiger partial charge is 0.478 e. The predicted molar refractivity (Wildman–Crippen MR) is 52.9 cm³/mol. The zero-order chi connectivity index (χ0) is 11.9. The summed E-state index contributed by atoms with van der Waals surface area (Å²) in [5.74, 6) is -1.50. The van der Waals surface area contributed by atoms with Crippen molar-refractivity contribution in [2.24, 2.45) is 0 Å². The number of benzene rings is 1. The molecule has 2 rings (SSSR count). The van der Waals surface area contributed by atoms with Crippen molar-refractivity contribution in [2.75, 3.05) is 0 Å². The SMILES string of the molecule is Cc1c(C(F)F)oc2ccc(C(=O)O)cc12. The summed E-state index contributed by atoms with van der Waals surface area (Å²) in [5, 5.41) is 9.18. The highest BCUT2D eigenvalue weighted by atomic mass is 19.3. The lowest BCUT2D eigenvalue weighted by Gasteiger charge is -1.94. The third-order valence-electron chi connectivity index (χ3n) is 2.42. The molecule has 0 saturated heterocycles. The Kier molecular flexibility index (Phi) is 2.38. The van der Waals surface area contributed by atoms with E-state index in [0.717, 1.165) is 0 Å². The number of fused-ring (bicyclic) bond motifs is 1. The zero-order valence-electron chi connectivity index (χ0n) is 8.33. The number of carboxylic acid groups (broad SMARTS) is 1. The van der Waals surface area contributed by atoms with E-state index in [-0.39, 0.29) is 16.7 Å². The summed E-state index contributed by atoms with van der Waals surface area (Å²) in [6.07, 6.45) is -2.69. The molecule has 0 saturated carbocycles. The molecule has 84 valence electrons. The van der Waals surface area contributed by atoms with Gasteiger partial charge in [-0.3, -0.25) is 0 Å². The van der Waals surface area contributed by atoms with Crippen molar-refractivity contribution in [2.45, 2.75) is 13.3 Å². The van der Waals surface area contributed by atoms with Crippen LogP contribution in [0.4, 0.5) is 8.78 Å². The second kappa shape index (κ2) is 3.59. The van der Waals surface area contributed by atoms with Crippen LogP contribution in [0.5, 0.6) is 0 Å². The number of furan rings is 1. The Morgan fingerprint density at radius 3 is 2.69 bits per heavy atom. The van der Waals surface area contributed by atoms with Crippen LogP contribution >= 0.6 is 0 Å². The number of rotatable bonds is 2. The highest BCUT2D eigenvalue weighted by Crippen LogP contribution is 2.32. The van der Waals surface area contributed by atoms with Crippen LogP contribution in [0.25, 0.3) is 11.0 Å². The monoisotopic (exact) mass is 226 g/mol. The van der Waals surface area contributed by atoms with Gasteiger partial charge < -0.3 is 9.52 Å². The molecular weight excluding hydrogens is 218 g/mol. The minimum atomic E-state index is -2.69. The smallest absolute Gasteiger partial charge is 0.335 e. The third kappa shape index (κ3) is 1.54. The zero-order valence-corrected chi connectivity index (χ0v) is 8.33. The standard InChI is InChI=1S/C11H8F2O3/c1-5-7-4-6(11(14)15)2-3-8(7)16-9(5)10(12)13/h2-4,10H,1H3,(H,14,15). The Morgan fingerprint density at radius 1 is 1.44 bits per heavy atom. The first-order valence-electron chi connectivity index (χ1n) is 4.55. The Hall–Kier alpha value is -1.91. The minimum Gasteiger partial charge on any atom is -0.478 e. The summed E-state index contributed by atoms with van der Waals surface area (Å²) in [4.78, 5) is 10.7. The number of carboxylic acids is 1. The summed E-state index contributed by atoms with van der Waals surface area (Å²) in [6, 6.07) is 4.04. The van der Waals surface area contributed by atoms with Gasteiger partial charge in [-0.05, 0) is 25.1 Å². The van der Waals surface area contributed by atoms with Gasteiger partial charge in [0.05, 0.1) is 5.56 Å². The van der Waals surface area contributed by atoms with Crippen molar-refractivity contribution in [3.63, 3.8) is 0 Å². The van der Waals surface area contributed by atoms with Gasteiger partial charge in [0.25, 0.3) is 6.43 Å². The number of carbonyl (C=O) groups is 1. The van der Waals surface area contributed by atoms with Crippen LogP contribution in [-0.4, -0.2) is 11.1 Å². The minimum absolute atomic E-state index is 0.0530. The molecule has 0 aliphatic carbocycles. The van der Waals surface area contributed by atoms with Gasteiger partial charge in [0.2, 0.25) is 0 Å². The van der Waals surface area contributed by atoms with Crippen molar-refractivity contribution in [3.05, 3.63) is 35.1 Å². The molecule has 2 aromatic rings. The Labute approximate surface area is 89.3 Å². The van der Waals surface area contributed by atoms with E-state index in [4.69, 9.17) is 9.52 Å². The first kappa shape index (κ1) is 10.6. The van der Waals surface area contributed by atoms with E-state index in [9.17, 15) is 13.6 Å². The van der Waals surface area contributed by atoms with Gasteiger partial charge in [-0.25, -0.2) is 13.6 Å². The molecule has 1 N–H and O–H groups in total. The Morgan fingerprint density at radius 2 is 2.12 bits per heavy atom. The van der Waals surface area contributed by atoms with Gasteiger partial charge in [-0.1, -0.05) is 0 Å². The Balaban J connectivity index is 2.69. The Bertz CT molecular complexity index is 558. The summed E-state index contributed by atoms with van der Waals surface area (Å²) in [6.45, 7) is 1.49. The molecule has 0 fully saturated rings. The fourth-order valence-electron chi connectivity index (χ4n) is 1.58. The second-order valence-corrected chi connectivity index (χ2v) is 3.41. The molecule has 1 heterocycles.